The molecule has 0 radical (unpaired) electrons. The SMILES string of the molecule is COC(=O)C1CCN(C[C@H](O)COc2ccc(CNCc3ccccc3)cc2)CC1. The number of rotatable bonds is 10. The van der Waals surface area contributed by atoms with Gasteiger partial charge in [-0.15, -0.1) is 0 Å². The predicted octanol–water partition coefficient (Wildman–Crippen LogP) is 2.60. The zero-order chi connectivity index (χ0) is 21.2. The van der Waals surface area contributed by atoms with Crippen molar-refractivity contribution < 1.29 is 19.4 Å². The van der Waals surface area contributed by atoms with Gasteiger partial charge in [-0.2, -0.15) is 0 Å². The van der Waals surface area contributed by atoms with E-state index in [4.69, 9.17) is 9.47 Å². The normalized spacial score (nSPS) is 16.2. The first-order chi connectivity index (χ1) is 14.6. The van der Waals surface area contributed by atoms with Gasteiger partial charge in [0.2, 0.25) is 0 Å². The summed E-state index contributed by atoms with van der Waals surface area (Å²) < 4.78 is 10.6. The monoisotopic (exact) mass is 412 g/mol. The summed E-state index contributed by atoms with van der Waals surface area (Å²) in [4.78, 5) is 13.8. The van der Waals surface area contributed by atoms with Crippen LogP contribution in [0.25, 0.3) is 0 Å². The maximum Gasteiger partial charge on any atom is 0.308 e. The molecule has 162 valence electrons. The molecule has 0 saturated carbocycles. The summed E-state index contributed by atoms with van der Waals surface area (Å²) in [6.07, 6.45) is 0.993. The van der Waals surface area contributed by atoms with Crippen LogP contribution in [-0.4, -0.2) is 55.4 Å². The zero-order valence-electron chi connectivity index (χ0n) is 17.6. The lowest BCUT2D eigenvalue weighted by molar-refractivity contribution is -0.147. The molecule has 2 aromatic carbocycles. The first kappa shape index (κ1) is 22.3. The number of nitrogens with one attached hydrogen (secondary N) is 1. The molecule has 1 fully saturated rings. The van der Waals surface area contributed by atoms with Gasteiger partial charge >= 0.3 is 5.97 Å². The number of aliphatic hydroxyl groups is 1. The average molecular weight is 413 g/mol. The summed E-state index contributed by atoms with van der Waals surface area (Å²) in [5.74, 6) is 0.614. The Balaban J connectivity index is 1.33. The fourth-order valence-corrected chi connectivity index (χ4v) is 3.71. The van der Waals surface area contributed by atoms with Gasteiger partial charge in [0.25, 0.3) is 0 Å². The molecule has 6 nitrogen and oxygen atoms in total. The van der Waals surface area contributed by atoms with Gasteiger partial charge in [0.15, 0.2) is 0 Å². The fraction of sp³-hybridized carbons (Fsp3) is 0.458. The Morgan fingerprint density at radius 2 is 1.70 bits per heavy atom. The van der Waals surface area contributed by atoms with E-state index >= 15 is 0 Å². The van der Waals surface area contributed by atoms with E-state index in [-0.39, 0.29) is 18.5 Å². The fourth-order valence-electron chi connectivity index (χ4n) is 3.71. The van der Waals surface area contributed by atoms with E-state index < -0.39 is 6.10 Å². The second kappa shape index (κ2) is 11.7. The third-order valence-corrected chi connectivity index (χ3v) is 5.46. The zero-order valence-corrected chi connectivity index (χ0v) is 17.6. The Kier molecular flexibility index (Phi) is 8.68. The molecule has 1 aliphatic heterocycles. The van der Waals surface area contributed by atoms with Crippen LogP contribution in [-0.2, 0) is 22.6 Å². The van der Waals surface area contributed by atoms with Gasteiger partial charge in [-0.25, -0.2) is 0 Å². The third-order valence-electron chi connectivity index (χ3n) is 5.46. The first-order valence-corrected chi connectivity index (χ1v) is 10.6. The van der Waals surface area contributed by atoms with Gasteiger partial charge in [-0.3, -0.25) is 4.79 Å². The van der Waals surface area contributed by atoms with Crippen LogP contribution in [0.15, 0.2) is 54.6 Å². The number of hydrogen-bond acceptors (Lipinski definition) is 6. The number of esters is 1. The molecule has 3 rings (SSSR count). The number of aliphatic hydroxyl groups excluding tert-OH is 1. The third kappa shape index (κ3) is 7.13. The summed E-state index contributed by atoms with van der Waals surface area (Å²) in [6, 6.07) is 18.3. The Hall–Kier alpha value is -2.41. The molecule has 0 bridgehead atoms. The molecular formula is C24H32N2O4. The van der Waals surface area contributed by atoms with Crippen molar-refractivity contribution in [2.24, 2.45) is 5.92 Å². The molecule has 0 aromatic heterocycles. The predicted molar refractivity (Wildman–Crippen MR) is 116 cm³/mol. The van der Waals surface area contributed by atoms with Crippen LogP contribution in [0.2, 0.25) is 0 Å². The summed E-state index contributed by atoms with van der Waals surface area (Å²) in [6.45, 7) is 4.02. The number of hydrogen-bond donors (Lipinski definition) is 2. The van der Waals surface area contributed by atoms with Crippen molar-refractivity contribution in [3.05, 3.63) is 65.7 Å². The highest BCUT2D eigenvalue weighted by Crippen LogP contribution is 2.19. The van der Waals surface area contributed by atoms with Crippen LogP contribution in [0.1, 0.15) is 24.0 Å². The van der Waals surface area contributed by atoms with E-state index in [0.717, 1.165) is 44.8 Å². The van der Waals surface area contributed by atoms with Crippen molar-refractivity contribution in [2.75, 3.05) is 33.4 Å². The van der Waals surface area contributed by atoms with Crippen molar-refractivity contribution in [1.82, 2.24) is 10.2 Å². The highest BCUT2D eigenvalue weighted by Gasteiger charge is 2.26. The van der Waals surface area contributed by atoms with E-state index in [1.54, 1.807) is 0 Å². The van der Waals surface area contributed by atoms with E-state index in [1.807, 2.05) is 42.5 Å². The minimum absolute atomic E-state index is 0.0136. The first-order valence-electron chi connectivity index (χ1n) is 10.6. The molecule has 0 spiro atoms. The number of likely N-dealkylation sites (tertiary alicyclic amines) is 1. The summed E-state index contributed by atoms with van der Waals surface area (Å²) in [7, 11) is 1.43. The number of ether oxygens (including phenoxy) is 2. The maximum atomic E-state index is 11.6. The van der Waals surface area contributed by atoms with E-state index in [2.05, 4.69) is 22.3 Å². The van der Waals surface area contributed by atoms with Gasteiger partial charge in [-0.1, -0.05) is 42.5 Å². The highest BCUT2D eigenvalue weighted by molar-refractivity contribution is 5.72. The van der Waals surface area contributed by atoms with Gasteiger partial charge in [0.1, 0.15) is 18.5 Å². The summed E-state index contributed by atoms with van der Waals surface area (Å²) in [5.41, 5.74) is 2.45. The lowest BCUT2D eigenvalue weighted by Crippen LogP contribution is -2.42. The number of piperidine rings is 1. The Bertz CT molecular complexity index is 759. The van der Waals surface area contributed by atoms with Crippen molar-refractivity contribution >= 4 is 5.97 Å². The Morgan fingerprint density at radius 1 is 1.07 bits per heavy atom. The molecule has 1 saturated heterocycles. The van der Waals surface area contributed by atoms with Gasteiger partial charge in [0.05, 0.1) is 13.0 Å². The molecule has 1 heterocycles. The number of β-amino-alcohol motifs (C(OH)–C–C–N with tert-alkyl or cyclic N) is 1. The van der Waals surface area contributed by atoms with Gasteiger partial charge in [0, 0.05) is 19.6 Å². The Labute approximate surface area is 178 Å². The molecule has 0 amide bonds. The topological polar surface area (TPSA) is 71.0 Å². The quantitative estimate of drug-likeness (QED) is 0.585. The van der Waals surface area contributed by atoms with Gasteiger partial charge < -0.3 is 24.8 Å². The second-order valence-corrected chi connectivity index (χ2v) is 7.80. The summed E-state index contributed by atoms with van der Waals surface area (Å²) in [5, 5.41) is 13.7. The summed E-state index contributed by atoms with van der Waals surface area (Å²) >= 11 is 0. The van der Waals surface area contributed by atoms with Crippen LogP contribution >= 0.6 is 0 Å². The number of benzene rings is 2. The molecule has 30 heavy (non-hydrogen) atoms. The van der Waals surface area contributed by atoms with Crippen LogP contribution in [0.3, 0.4) is 0 Å². The second-order valence-electron chi connectivity index (χ2n) is 7.80. The van der Waals surface area contributed by atoms with Crippen molar-refractivity contribution in [2.45, 2.75) is 32.0 Å². The molecule has 0 aliphatic carbocycles. The number of carbonyl (C=O) groups excluding carboxylic acids is 1. The van der Waals surface area contributed by atoms with E-state index in [9.17, 15) is 9.90 Å². The smallest absolute Gasteiger partial charge is 0.308 e. The lowest BCUT2D eigenvalue weighted by atomic mass is 9.97. The standard InChI is InChI=1S/C24H32N2O4/c1-29-24(28)21-11-13-26(14-12-21)17-22(27)18-30-23-9-7-20(8-10-23)16-25-15-19-5-3-2-4-6-19/h2-10,21-22,25,27H,11-18H2,1H3/t22-/m0/s1. The molecular weight excluding hydrogens is 380 g/mol. The Morgan fingerprint density at radius 3 is 2.33 bits per heavy atom. The van der Waals surface area contributed by atoms with Crippen molar-refractivity contribution in [1.29, 1.82) is 0 Å². The van der Waals surface area contributed by atoms with Crippen molar-refractivity contribution in [3.63, 3.8) is 0 Å². The van der Waals surface area contributed by atoms with Crippen molar-refractivity contribution in [3.8, 4) is 5.75 Å². The minimum atomic E-state index is -0.563. The van der Waals surface area contributed by atoms with E-state index in [1.165, 1.54) is 18.2 Å². The number of carbonyl (C=O) groups is 1. The largest absolute Gasteiger partial charge is 0.491 e. The highest BCUT2D eigenvalue weighted by atomic mass is 16.5. The average Bonchev–Trinajstić information content (AvgIpc) is 2.79. The molecule has 6 heteroatoms. The number of nitrogens with zero attached hydrogens (tertiary/aromatic N) is 1. The molecule has 1 aliphatic rings. The molecule has 1 atom stereocenters. The van der Waals surface area contributed by atoms with E-state index in [0.29, 0.717) is 6.54 Å². The van der Waals surface area contributed by atoms with Crippen LogP contribution < -0.4 is 10.1 Å². The minimum Gasteiger partial charge on any atom is -0.491 e. The molecule has 2 N–H and O–H groups in total. The molecule has 0 unspecified atom stereocenters. The van der Waals surface area contributed by atoms with Crippen LogP contribution in [0.4, 0.5) is 0 Å². The molecule has 2 aromatic rings. The number of methoxy groups -OCH3 is 1. The van der Waals surface area contributed by atoms with Gasteiger partial charge in [-0.05, 0) is 49.2 Å². The van der Waals surface area contributed by atoms with Crippen LogP contribution in [0.5, 0.6) is 5.75 Å². The maximum absolute atomic E-state index is 11.6. The lowest BCUT2D eigenvalue weighted by Gasteiger charge is -2.31. The van der Waals surface area contributed by atoms with Crippen LogP contribution in [0, 0.1) is 5.92 Å².